The average molecular weight is 381 g/mol. The summed E-state index contributed by atoms with van der Waals surface area (Å²) in [5.41, 5.74) is 0.897. The molecule has 8 nitrogen and oxygen atoms in total. The molecule has 2 fully saturated rings. The molecule has 5 atom stereocenters. The summed E-state index contributed by atoms with van der Waals surface area (Å²) in [5, 5.41) is 2.79. The Balaban J connectivity index is 1.66. The number of rotatable bonds is 5. The summed E-state index contributed by atoms with van der Waals surface area (Å²) < 4.78 is 33.9. The van der Waals surface area contributed by atoms with Gasteiger partial charge in [-0.3, -0.25) is 0 Å². The Bertz CT molecular complexity index is 624. The summed E-state index contributed by atoms with van der Waals surface area (Å²) in [6.45, 7) is 4.17. The monoisotopic (exact) mass is 381 g/mol. The highest BCUT2D eigenvalue weighted by atomic mass is 16.8. The van der Waals surface area contributed by atoms with Crippen LogP contribution in [0.3, 0.4) is 0 Å². The number of fused-ring (bicyclic) bond motifs is 1. The van der Waals surface area contributed by atoms with Gasteiger partial charge in [-0.15, -0.1) is 0 Å². The molecule has 2 aliphatic heterocycles. The molecule has 3 rings (SSSR count). The van der Waals surface area contributed by atoms with E-state index in [9.17, 15) is 4.79 Å². The van der Waals surface area contributed by atoms with Gasteiger partial charge in [-0.1, -0.05) is 30.3 Å². The van der Waals surface area contributed by atoms with Crippen molar-refractivity contribution >= 4 is 6.09 Å². The predicted octanol–water partition coefficient (Wildman–Crippen LogP) is 1.82. The minimum absolute atomic E-state index is 0.166. The molecule has 0 aromatic heterocycles. The van der Waals surface area contributed by atoms with Gasteiger partial charge >= 0.3 is 6.09 Å². The smallest absolute Gasteiger partial charge is 0.407 e. The van der Waals surface area contributed by atoms with Gasteiger partial charge in [0.15, 0.2) is 12.1 Å². The van der Waals surface area contributed by atoms with Crippen molar-refractivity contribution in [3.8, 4) is 0 Å². The molecule has 1 aromatic carbocycles. The summed E-state index contributed by atoms with van der Waals surface area (Å²) in [7, 11) is 3.08. The van der Waals surface area contributed by atoms with Crippen molar-refractivity contribution in [1.82, 2.24) is 5.32 Å². The van der Waals surface area contributed by atoms with E-state index in [0.29, 0.717) is 6.61 Å². The maximum Gasteiger partial charge on any atom is 0.407 e. The van der Waals surface area contributed by atoms with E-state index < -0.39 is 36.4 Å². The fraction of sp³-hybridized carbons (Fsp3) is 0.632. The first-order chi connectivity index (χ1) is 12.9. The van der Waals surface area contributed by atoms with Crippen molar-refractivity contribution in [3.05, 3.63) is 35.9 Å². The molecule has 1 amide bonds. The van der Waals surface area contributed by atoms with Crippen molar-refractivity contribution < 1.29 is 33.2 Å². The third-order valence-corrected chi connectivity index (χ3v) is 4.66. The Morgan fingerprint density at radius 2 is 1.96 bits per heavy atom. The normalized spacial score (nSPS) is 32.4. The van der Waals surface area contributed by atoms with Crippen LogP contribution in [0.25, 0.3) is 0 Å². The minimum Gasteiger partial charge on any atom is -0.445 e. The number of amides is 1. The van der Waals surface area contributed by atoms with Crippen LogP contribution in [0.1, 0.15) is 19.4 Å². The van der Waals surface area contributed by atoms with Crippen LogP contribution in [0.15, 0.2) is 30.3 Å². The van der Waals surface area contributed by atoms with Crippen LogP contribution < -0.4 is 5.32 Å². The Morgan fingerprint density at radius 1 is 1.22 bits per heavy atom. The SMILES string of the molecule is CO[C@H]1O[C@@H]2COC(C)(C)O[C@H]2[C@H](OC)[C@H]1NC(=O)OCc1ccccc1. The van der Waals surface area contributed by atoms with E-state index in [2.05, 4.69) is 5.32 Å². The minimum atomic E-state index is -0.764. The summed E-state index contributed by atoms with van der Waals surface area (Å²) in [6.07, 6.45) is -2.55. The first-order valence-corrected chi connectivity index (χ1v) is 8.93. The lowest BCUT2D eigenvalue weighted by Gasteiger charge is -2.50. The highest BCUT2D eigenvalue weighted by molar-refractivity contribution is 5.67. The zero-order valence-corrected chi connectivity index (χ0v) is 16.0. The summed E-state index contributed by atoms with van der Waals surface area (Å²) >= 11 is 0. The lowest BCUT2D eigenvalue weighted by Crippen LogP contribution is -2.68. The number of hydrogen-bond donors (Lipinski definition) is 1. The quantitative estimate of drug-likeness (QED) is 0.833. The standard InChI is InChI=1S/C19H27NO7/c1-19(2)25-11-13-15(27-19)16(22-3)14(17(23-4)26-13)20-18(21)24-10-12-8-6-5-7-9-12/h5-9,13-17H,10-11H2,1-4H3,(H,20,21)/t13-,14-,15-,16-,17+/m1/s1. The summed E-state index contributed by atoms with van der Waals surface area (Å²) in [6, 6.07) is 8.85. The molecule has 0 radical (unpaired) electrons. The fourth-order valence-electron chi connectivity index (χ4n) is 3.36. The Hall–Kier alpha value is -1.71. The summed E-state index contributed by atoms with van der Waals surface area (Å²) in [4.78, 5) is 12.3. The van der Waals surface area contributed by atoms with Crippen LogP contribution in [0, 0.1) is 0 Å². The Labute approximate surface area is 159 Å². The molecule has 0 spiro atoms. The third kappa shape index (κ3) is 4.77. The van der Waals surface area contributed by atoms with E-state index in [4.69, 9.17) is 28.4 Å². The molecule has 8 heteroatoms. The lowest BCUT2D eigenvalue weighted by atomic mass is 9.95. The molecule has 150 valence electrons. The van der Waals surface area contributed by atoms with Crippen molar-refractivity contribution in [2.75, 3.05) is 20.8 Å². The molecular weight excluding hydrogens is 354 g/mol. The van der Waals surface area contributed by atoms with Crippen LogP contribution in [-0.4, -0.2) is 63.4 Å². The number of ether oxygens (including phenoxy) is 6. The topological polar surface area (TPSA) is 84.5 Å². The van der Waals surface area contributed by atoms with Crippen LogP contribution in [-0.2, 0) is 35.0 Å². The number of alkyl carbamates (subject to hydrolysis) is 1. The number of hydrogen-bond acceptors (Lipinski definition) is 7. The van der Waals surface area contributed by atoms with Gasteiger partial charge in [0.05, 0.1) is 6.61 Å². The van der Waals surface area contributed by atoms with Crippen LogP contribution in [0.4, 0.5) is 4.79 Å². The van der Waals surface area contributed by atoms with Crippen molar-refractivity contribution in [3.63, 3.8) is 0 Å². The van der Waals surface area contributed by atoms with E-state index in [0.717, 1.165) is 5.56 Å². The van der Waals surface area contributed by atoms with Gasteiger partial charge in [-0.25, -0.2) is 4.79 Å². The second-order valence-electron chi connectivity index (χ2n) is 7.00. The highest BCUT2D eigenvalue weighted by Gasteiger charge is 2.52. The molecule has 1 N–H and O–H groups in total. The van der Waals surface area contributed by atoms with E-state index in [1.165, 1.54) is 7.11 Å². The van der Waals surface area contributed by atoms with Crippen LogP contribution in [0.5, 0.6) is 0 Å². The van der Waals surface area contributed by atoms with Gasteiger partial charge in [-0.2, -0.15) is 0 Å². The van der Waals surface area contributed by atoms with Crippen LogP contribution in [0.2, 0.25) is 0 Å². The van der Waals surface area contributed by atoms with Crippen LogP contribution >= 0.6 is 0 Å². The third-order valence-electron chi connectivity index (χ3n) is 4.66. The molecule has 0 saturated carbocycles. The number of benzene rings is 1. The largest absolute Gasteiger partial charge is 0.445 e. The van der Waals surface area contributed by atoms with Crippen molar-refractivity contribution in [2.24, 2.45) is 0 Å². The Morgan fingerprint density at radius 3 is 2.63 bits per heavy atom. The van der Waals surface area contributed by atoms with E-state index in [-0.39, 0.29) is 12.7 Å². The fourth-order valence-corrected chi connectivity index (χ4v) is 3.36. The first-order valence-electron chi connectivity index (χ1n) is 8.93. The molecule has 27 heavy (non-hydrogen) atoms. The van der Waals surface area contributed by atoms with Gasteiger partial charge in [0, 0.05) is 14.2 Å². The number of carbonyl (C=O) groups excluding carboxylic acids is 1. The summed E-state index contributed by atoms with van der Waals surface area (Å²) in [5.74, 6) is -0.764. The van der Waals surface area contributed by atoms with E-state index in [1.807, 2.05) is 44.2 Å². The second kappa shape index (κ2) is 8.53. The van der Waals surface area contributed by atoms with Crippen molar-refractivity contribution in [2.45, 2.75) is 56.9 Å². The highest BCUT2D eigenvalue weighted by Crippen LogP contribution is 2.33. The zero-order valence-electron chi connectivity index (χ0n) is 16.0. The number of methoxy groups -OCH3 is 2. The molecule has 0 bridgehead atoms. The molecule has 2 saturated heterocycles. The van der Waals surface area contributed by atoms with Gasteiger partial charge in [0.1, 0.15) is 31.0 Å². The van der Waals surface area contributed by atoms with Gasteiger partial charge in [-0.05, 0) is 19.4 Å². The number of carbonyl (C=O) groups is 1. The van der Waals surface area contributed by atoms with E-state index in [1.54, 1.807) is 7.11 Å². The predicted molar refractivity (Wildman–Crippen MR) is 94.9 cm³/mol. The van der Waals surface area contributed by atoms with Gasteiger partial charge in [0.25, 0.3) is 0 Å². The number of nitrogens with one attached hydrogen (secondary N) is 1. The molecule has 0 unspecified atom stereocenters. The second-order valence-corrected chi connectivity index (χ2v) is 7.00. The molecule has 1 aromatic rings. The molecule has 2 heterocycles. The maximum atomic E-state index is 12.3. The molecular formula is C19H27NO7. The first kappa shape index (κ1) is 20.0. The van der Waals surface area contributed by atoms with E-state index >= 15 is 0 Å². The van der Waals surface area contributed by atoms with Gasteiger partial charge < -0.3 is 33.7 Å². The Kier molecular flexibility index (Phi) is 6.33. The van der Waals surface area contributed by atoms with Crippen molar-refractivity contribution in [1.29, 1.82) is 0 Å². The lowest BCUT2D eigenvalue weighted by molar-refractivity contribution is -0.368. The zero-order chi connectivity index (χ0) is 19.4. The molecule has 2 aliphatic rings. The molecule has 0 aliphatic carbocycles. The van der Waals surface area contributed by atoms with Gasteiger partial charge in [0.2, 0.25) is 0 Å². The maximum absolute atomic E-state index is 12.3. The average Bonchev–Trinajstić information content (AvgIpc) is 2.66.